The molecule has 5 heteroatoms. The molecule has 0 spiro atoms. The highest BCUT2D eigenvalue weighted by atomic mass is 16.1. The monoisotopic (exact) mass is 360 g/mol. The number of benzene rings is 2. The molecule has 0 aliphatic rings. The minimum atomic E-state index is -0.179. The van der Waals surface area contributed by atoms with Crippen LogP contribution in [0.4, 0.5) is 11.6 Å². The standard InChI is InChI=1S/C22H24N4O/c1-4-26(20-10-6-8-17(3)12-20)22-24-14-19(15-25-22)21(27)23-13-18-9-5-7-16(2)11-18/h5-12,14-15H,4,13H2,1-3H3,(H,23,27). The Bertz CT molecular complexity index is 922. The lowest BCUT2D eigenvalue weighted by Crippen LogP contribution is -2.24. The van der Waals surface area contributed by atoms with E-state index in [4.69, 9.17) is 0 Å². The minimum absolute atomic E-state index is 0.179. The summed E-state index contributed by atoms with van der Waals surface area (Å²) in [7, 11) is 0. The molecule has 0 unspecified atom stereocenters. The van der Waals surface area contributed by atoms with Gasteiger partial charge in [-0.1, -0.05) is 42.0 Å². The zero-order valence-electron chi connectivity index (χ0n) is 15.9. The molecule has 0 radical (unpaired) electrons. The van der Waals surface area contributed by atoms with Gasteiger partial charge in [0, 0.05) is 31.2 Å². The number of hydrogen-bond acceptors (Lipinski definition) is 4. The van der Waals surface area contributed by atoms with Crippen molar-refractivity contribution in [2.24, 2.45) is 0 Å². The molecule has 0 saturated carbocycles. The molecule has 0 aliphatic carbocycles. The third-order valence-electron chi connectivity index (χ3n) is 4.31. The molecule has 0 fully saturated rings. The number of hydrogen-bond donors (Lipinski definition) is 1. The van der Waals surface area contributed by atoms with Gasteiger partial charge >= 0.3 is 0 Å². The van der Waals surface area contributed by atoms with E-state index in [9.17, 15) is 4.79 Å². The largest absolute Gasteiger partial charge is 0.348 e. The smallest absolute Gasteiger partial charge is 0.254 e. The first-order valence-corrected chi connectivity index (χ1v) is 9.07. The Morgan fingerprint density at radius 3 is 2.30 bits per heavy atom. The fraction of sp³-hybridized carbons (Fsp3) is 0.227. The van der Waals surface area contributed by atoms with Crippen molar-refractivity contribution in [1.29, 1.82) is 0 Å². The second kappa shape index (κ2) is 8.45. The van der Waals surface area contributed by atoms with Crippen molar-refractivity contribution in [1.82, 2.24) is 15.3 Å². The first-order valence-electron chi connectivity index (χ1n) is 9.07. The Morgan fingerprint density at radius 1 is 1.00 bits per heavy atom. The Balaban J connectivity index is 1.69. The molecule has 0 aliphatic heterocycles. The SMILES string of the molecule is CCN(c1cccc(C)c1)c1ncc(C(=O)NCc2cccc(C)c2)cn1. The predicted molar refractivity (Wildman–Crippen MR) is 108 cm³/mol. The average molecular weight is 360 g/mol. The lowest BCUT2D eigenvalue weighted by molar-refractivity contribution is 0.0950. The van der Waals surface area contributed by atoms with E-state index in [2.05, 4.69) is 40.4 Å². The van der Waals surface area contributed by atoms with Gasteiger partial charge in [0.15, 0.2) is 0 Å². The molecule has 3 aromatic rings. The maximum absolute atomic E-state index is 12.4. The average Bonchev–Trinajstić information content (AvgIpc) is 2.67. The summed E-state index contributed by atoms with van der Waals surface area (Å²) in [6, 6.07) is 16.3. The number of amides is 1. The van der Waals surface area contributed by atoms with Gasteiger partial charge in [-0.05, 0) is 44.0 Å². The van der Waals surface area contributed by atoms with Crippen LogP contribution in [0.25, 0.3) is 0 Å². The number of nitrogens with zero attached hydrogens (tertiary/aromatic N) is 3. The van der Waals surface area contributed by atoms with Gasteiger partial charge in [0.1, 0.15) is 0 Å². The van der Waals surface area contributed by atoms with Gasteiger partial charge in [-0.15, -0.1) is 0 Å². The number of aryl methyl sites for hydroxylation is 2. The van der Waals surface area contributed by atoms with E-state index in [1.807, 2.05) is 49.1 Å². The van der Waals surface area contributed by atoms with Gasteiger partial charge in [0.25, 0.3) is 5.91 Å². The maximum Gasteiger partial charge on any atom is 0.254 e. The van der Waals surface area contributed by atoms with Crippen molar-refractivity contribution in [3.63, 3.8) is 0 Å². The van der Waals surface area contributed by atoms with Crippen LogP contribution < -0.4 is 10.2 Å². The fourth-order valence-corrected chi connectivity index (χ4v) is 2.92. The molecule has 1 amide bonds. The number of nitrogens with one attached hydrogen (secondary N) is 1. The summed E-state index contributed by atoms with van der Waals surface area (Å²) in [5.74, 6) is 0.403. The molecule has 2 aromatic carbocycles. The summed E-state index contributed by atoms with van der Waals surface area (Å²) < 4.78 is 0. The molecule has 27 heavy (non-hydrogen) atoms. The zero-order valence-corrected chi connectivity index (χ0v) is 15.9. The van der Waals surface area contributed by atoms with Crippen LogP contribution in [0.1, 0.15) is 34.0 Å². The van der Waals surface area contributed by atoms with Crippen molar-refractivity contribution in [2.45, 2.75) is 27.3 Å². The maximum atomic E-state index is 12.4. The van der Waals surface area contributed by atoms with Crippen LogP contribution in [-0.2, 0) is 6.54 Å². The summed E-state index contributed by atoms with van der Waals surface area (Å²) in [5, 5.41) is 2.91. The highest BCUT2D eigenvalue weighted by Gasteiger charge is 2.12. The highest BCUT2D eigenvalue weighted by Crippen LogP contribution is 2.22. The number of rotatable bonds is 6. The summed E-state index contributed by atoms with van der Waals surface area (Å²) in [4.78, 5) is 23.2. The third-order valence-corrected chi connectivity index (χ3v) is 4.31. The van der Waals surface area contributed by atoms with Crippen molar-refractivity contribution in [3.8, 4) is 0 Å². The van der Waals surface area contributed by atoms with Crippen LogP contribution in [0.3, 0.4) is 0 Å². The van der Waals surface area contributed by atoms with Crippen LogP contribution in [0.15, 0.2) is 60.9 Å². The second-order valence-electron chi connectivity index (χ2n) is 6.53. The molecule has 5 nitrogen and oxygen atoms in total. The minimum Gasteiger partial charge on any atom is -0.348 e. The third kappa shape index (κ3) is 4.70. The molecule has 0 atom stereocenters. The van der Waals surface area contributed by atoms with Crippen LogP contribution in [0, 0.1) is 13.8 Å². The van der Waals surface area contributed by atoms with Gasteiger partial charge < -0.3 is 10.2 Å². The van der Waals surface area contributed by atoms with Crippen LogP contribution in [0.2, 0.25) is 0 Å². The van der Waals surface area contributed by atoms with Crippen LogP contribution in [-0.4, -0.2) is 22.4 Å². The summed E-state index contributed by atoms with van der Waals surface area (Å²) in [6.45, 7) is 7.36. The van der Waals surface area contributed by atoms with Crippen molar-refractivity contribution in [2.75, 3.05) is 11.4 Å². The Labute approximate surface area is 160 Å². The van der Waals surface area contributed by atoms with Gasteiger partial charge in [-0.2, -0.15) is 0 Å². The van der Waals surface area contributed by atoms with E-state index in [-0.39, 0.29) is 5.91 Å². The van der Waals surface area contributed by atoms with E-state index < -0.39 is 0 Å². The van der Waals surface area contributed by atoms with E-state index in [0.29, 0.717) is 18.1 Å². The van der Waals surface area contributed by atoms with Crippen molar-refractivity contribution >= 4 is 17.5 Å². The first-order chi connectivity index (χ1) is 13.1. The highest BCUT2D eigenvalue weighted by molar-refractivity contribution is 5.93. The Hall–Kier alpha value is -3.21. The predicted octanol–water partition coefficient (Wildman–Crippen LogP) is 4.18. The summed E-state index contributed by atoms with van der Waals surface area (Å²) >= 11 is 0. The topological polar surface area (TPSA) is 58.1 Å². The second-order valence-corrected chi connectivity index (χ2v) is 6.53. The van der Waals surface area contributed by atoms with Gasteiger partial charge in [-0.25, -0.2) is 9.97 Å². The van der Waals surface area contributed by atoms with Gasteiger partial charge in [-0.3, -0.25) is 4.79 Å². The summed E-state index contributed by atoms with van der Waals surface area (Å²) in [5.41, 5.74) is 4.90. The van der Waals surface area contributed by atoms with Crippen LogP contribution in [0.5, 0.6) is 0 Å². The number of aromatic nitrogens is 2. The molecule has 1 aromatic heterocycles. The zero-order chi connectivity index (χ0) is 19.2. The Morgan fingerprint density at radius 2 is 1.67 bits per heavy atom. The first kappa shape index (κ1) is 18.6. The van der Waals surface area contributed by atoms with E-state index >= 15 is 0 Å². The quantitative estimate of drug-likeness (QED) is 0.716. The number of anilines is 2. The molecule has 1 heterocycles. The molecule has 1 N–H and O–H groups in total. The van der Waals surface area contributed by atoms with Crippen LogP contribution >= 0.6 is 0 Å². The van der Waals surface area contributed by atoms with E-state index in [1.165, 1.54) is 11.1 Å². The molecule has 0 bridgehead atoms. The van der Waals surface area contributed by atoms with E-state index in [0.717, 1.165) is 17.8 Å². The van der Waals surface area contributed by atoms with Gasteiger partial charge in [0.2, 0.25) is 5.95 Å². The fourth-order valence-electron chi connectivity index (χ4n) is 2.92. The van der Waals surface area contributed by atoms with Gasteiger partial charge in [0.05, 0.1) is 5.56 Å². The molecular formula is C22H24N4O. The van der Waals surface area contributed by atoms with E-state index in [1.54, 1.807) is 12.4 Å². The van der Waals surface area contributed by atoms with Crippen molar-refractivity contribution in [3.05, 3.63) is 83.2 Å². The number of carbonyl (C=O) groups excluding carboxylic acids is 1. The lowest BCUT2D eigenvalue weighted by atomic mass is 10.1. The molecule has 0 saturated heterocycles. The Kier molecular flexibility index (Phi) is 5.81. The summed E-state index contributed by atoms with van der Waals surface area (Å²) in [6.07, 6.45) is 3.15. The lowest BCUT2D eigenvalue weighted by Gasteiger charge is -2.21. The van der Waals surface area contributed by atoms with Crippen molar-refractivity contribution < 1.29 is 4.79 Å². The molecule has 3 rings (SSSR count). The molecule has 138 valence electrons. The normalized spacial score (nSPS) is 10.5. The number of carbonyl (C=O) groups is 1. The molecular weight excluding hydrogens is 336 g/mol.